The summed E-state index contributed by atoms with van der Waals surface area (Å²) in [4.78, 5) is 25.4. The molecule has 10 nitrogen and oxygen atoms in total. The first-order valence-electron chi connectivity index (χ1n) is 16.9. The number of benzene rings is 2. The second kappa shape index (κ2) is 20.4. The van der Waals surface area contributed by atoms with Gasteiger partial charge in [-0.05, 0) is 62.1 Å². The lowest BCUT2D eigenvalue weighted by molar-refractivity contribution is 0.0944. The molecule has 0 fully saturated rings. The number of sulfonamides is 2. The number of hydrogen-bond donors (Lipinski definition) is 4. The van der Waals surface area contributed by atoms with Crippen molar-refractivity contribution in [2.45, 2.75) is 113 Å². The van der Waals surface area contributed by atoms with Crippen molar-refractivity contribution in [3.05, 3.63) is 59.7 Å². The Kier molecular flexibility index (Phi) is 16.7. The monoisotopic (exact) mass is 676 g/mol. The van der Waals surface area contributed by atoms with Crippen LogP contribution in [0.25, 0.3) is 0 Å². The molecule has 12 heteroatoms. The number of carbonyl (C=O) groups is 2. The highest BCUT2D eigenvalue weighted by Crippen LogP contribution is 2.15. The Morgan fingerprint density at radius 3 is 1.07 bits per heavy atom. The van der Waals surface area contributed by atoms with E-state index in [-0.39, 0.29) is 21.6 Å². The van der Waals surface area contributed by atoms with E-state index in [1.54, 1.807) is 24.3 Å². The minimum absolute atomic E-state index is 0.0931. The molecule has 0 atom stereocenters. The predicted octanol–water partition coefficient (Wildman–Crippen LogP) is 5.66. The van der Waals surface area contributed by atoms with Gasteiger partial charge >= 0.3 is 0 Å². The maximum absolute atomic E-state index is 12.8. The summed E-state index contributed by atoms with van der Waals surface area (Å²) in [6.07, 6.45) is 15.4. The van der Waals surface area contributed by atoms with Gasteiger partial charge in [0.1, 0.15) is 0 Å². The van der Waals surface area contributed by atoms with E-state index in [2.05, 4.69) is 20.1 Å². The Morgan fingerprint density at radius 2 is 0.717 bits per heavy atom. The third kappa shape index (κ3) is 13.9. The number of amides is 2. The zero-order chi connectivity index (χ0) is 33.1. The van der Waals surface area contributed by atoms with Gasteiger partial charge in [0.05, 0.1) is 9.79 Å². The minimum Gasteiger partial charge on any atom is -0.352 e. The van der Waals surface area contributed by atoms with Crippen LogP contribution >= 0.6 is 0 Å². The molecule has 2 aromatic carbocycles. The molecule has 0 aromatic heterocycles. The Bertz CT molecular complexity index is 1340. The van der Waals surface area contributed by atoms with E-state index in [0.29, 0.717) is 37.3 Å². The Morgan fingerprint density at radius 1 is 0.413 bits per heavy atom. The summed E-state index contributed by atoms with van der Waals surface area (Å²) >= 11 is 0. The first-order valence-corrected chi connectivity index (χ1v) is 19.9. The van der Waals surface area contributed by atoms with Gasteiger partial charge in [-0.15, -0.1) is 0 Å². The Hall–Kier alpha value is -2.80. The first kappa shape index (κ1) is 37.7. The van der Waals surface area contributed by atoms with Crippen LogP contribution in [-0.2, 0) is 20.0 Å². The molecule has 0 unspecified atom stereocenters. The first-order chi connectivity index (χ1) is 22.2. The lowest BCUT2D eigenvalue weighted by Gasteiger charge is -2.10. The van der Waals surface area contributed by atoms with Crippen LogP contribution in [0.5, 0.6) is 0 Å². The number of rotatable bonds is 0. The summed E-state index contributed by atoms with van der Waals surface area (Å²) in [6, 6.07) is 12.3. The summed E-state index contributed by atoms with van der Waals surface area (Å²) in [7, 11) is -7.39. The van der Waals surface area contributed by atoms with Crippen molar-refractivity contribution in [2.24, 2.45) is 0 Å². The number of fused-ring (bicyclic) bond motifs is 4. The van der Waals surface area contributed by atoms with Crippen LogP contribution in [0.3, 0.4) is 0 Å². The van der Waals surface area contributed by atoms with Crippen molar-refractivity contribution in [1.82, 2.24) is 20.1 Å². The van der Waals surface area contributed by atoms with Crippen LogP contribution in [0.15, 0.2) is 58.3 Å². The molecule has 0 radical (unpaired) electrons. The van der Waals surface area contributed by atoms with Crippen LogP contribution in [0.1, 0.15) is 123 Å². The fourth-order valence-electron chi connectivity index (χ4n) is 5.42. The van der Waals surface area contributed by atoms with Gasteiger partial charge in [0, 0.05) is 37.3 Å². The van der Waals surface area contributed by atoms with E-state index in [4.69, 9.17) is 0 Å². The Labute approximate surface area is 276 Å². The minimum atomic E-state index is -3.70. The van der Waals surface area contributed by atoms with E-state index in [1.807, 2.05) is 0 Å². The standard InChI is InChI=1S/C34H52N4O6S2/c39-33-29-19-17-21-31(27-29)45(41,42)37-25-15-11-7-3-4-8-12-16-26-38-46(43,44)32-22-18-20-30(28-32)34(40)36-24-14-10-6-2-1-5-9-13-23-35-33/h17-22,27-28,37-38H,1-16,23-26H2,(H,35,39)(H,36,40). The van der Waals surface area contributed by atoms with Gasteiger partial charge in [-0.1, -0.05) is 89.2 Å². The predicted molar refractivity (Wildman–Crippen MR) is 182 cm³/mol. The highest BCUT2D eigenvalue weighted by molar-refractivity contribution is 7.89. The molecule has 4 bridgehead atoms. The van der Waals surface area contributed by atoms with Gasteiger partial charge in [-0.2, -0.15) is 0 Å². The van der Waals surface area contributed by atoms with Crippen LogP contribution < -0.4 is 20.1 Å². The van der Waals surface area contributed by atoms with E-state index in [1.165, 1.54) is 24.3 Å². The quantitative estimate of drug-likeness (QED) is 0.283. The summed E-state index contributed by atoms with van der Waals surface area (Å²) in [5, 5.41) is 5.80. The molecule has 4 N–H and O–H groups in total. The molecule has 0 aliphatic carbocycles. The topological polar surface area (TPSA) is 151 Å². The van der Waals surface area contributed by atoms with Crippen LogP contribution in [0.4, 0.5) is 0 Å². The molecule has 0 spiro atoms. The van der Waals surface area contributed by atoms with Crippen molar-refractivity contribution >= 4 is 31.9 Å². The van der Waals surface area contributed by atoms with E-state index < -0.39 is 20.0 Å². The fourth-order valence-corrected chi connectivity index (χ4v) is 7.66. The van der Waals surface area contributed by atoms with Crippen LogP contribution in [0, 0.1) is 0 Å². The Balaban J connectivity index is 1.49. The van der Waals surface area contributed by atoms with Crippen LogP contribution in [0.2, 0.25) is 0 Å². The summed E-state index contributed by atoms with van der Waals surface area (Å²) < 4.78 is 56.4. The number of hydrogen-bond acceptors (Lipinski definition) is 6. The van der Waals surface area contributed by atoms with Crippen LogP contribution in [-0.4, -0.2) is 54.8 Å². The van der Waals surface area contributed by atoms with Gasteiger partial charge in [0.25, 0.3) is 11.8 Å². The molecule has 3 rings (SSSR count). The van der Waals surface area contributed by atoms with Gasteiger partial charge in [0.2, 0.25) is 20.0 Å². The molecule has 1 aliphatic heterocycles. The smallest absolute Gasteiger partial charge is 0.251 e. The molecule has 46 heavy (non-hydrogen) atoms. The molecular weight excluding hydrogens is 625 g/mol. The second-order valence-electron chi connectivity index (χ2n) is 12.0. The zero-order valence-electron chi connectivity index (χ0n) is 27.0. The van der Waals surface area contributed by atoms with Gasteiger partial charge in [0.15, 0.2) is 0 Å². The largest absolute Gasteiger partial charge is 0.352 e. The summed E-state index contributed by atoms with van der Waals surface area (Å²) in [5.74, 6) is -0.536. The van der Waals surface area contributed by atoms with Gasteiger partial charge in [-0.25, -0.2) is 26.3 Å². The molecule has 2 amide bonds. The normalized spacial score (nSPS) is 21.1. The van der Waals surface area contributed by atoms with Gasteiger partial charge < -0.3 is 10.6 Å². The highest BCUT2D eigenvalue weighted by atomic mass is 32.2. The molecule has 0 saturated heterocycles. The van der Waals surface area contributed by atoms with Crippen molar-refractivity contribution in [3.63, 3.8) is 0 Å². The average molecular weight is 677 g/mol. The van der Waals surface area contributed by atoms with Gasteiger partial charge in [-0.3, -0.25) is 9.59 Å². The summed E-state index contributed by atoms with van der Waals surface area (Å²) in [6.45, 7) is 1.76. The summed E-state index contributed by atoms with van der Waals surface area (Å²) in [5.41, 5.74) is 0.671. The molecule has 1 heterocycles. The van der Waals surface area contributed by atoms with E-state index in [9.17, 15) is 26.4 Å². The average Bonchev–Trinajstić information content (AvgIpc) is 3.05. The molecular formula is C34H52N4O6S2. The van der Waals surface area contributed by atoms with Crippen molar-refractivity contribution in [2.75, 3.05) is 26.2 Å². The SMILES string of the molecule is O=C1NCCCCCCCCCCNC(=O)c2cccc(c2)S(=O)(=O)NCCCCCCCCCCNS(=O)(=O)c2cccc1c2. The molecule has 0 saturated carbocycles. The molecule has 2 aromatic rings. The molecule has 1 aliphatic rings. The maximum Gasteiger partial charge on any atom is 0.251 e. The van der Waals surface area contributed by atoms with E-state index in [0.717, 1.165) is 103 Å². The van der Waals surface area contributed by atoms with E-state index >= 15 is 0 Å². The van der Waals surface area contributed by atoms with Crippen molar-refractivity contribution in [3.8, 4) is 0 Å². The third-order valence-electron chi connectivity index (χ3n) is 8.18. The fraction of sp³-hybridized carbons (Fsp3) is 0.588. The lowest BCUT2D eigenvalue weighted by atomic mass is 10.1. The number of carbonyl (C=O) groups excluding carboxylic acids is 2. The highest BCUT2D eigenvalue weighted by Gasteiger charge is 2.17. The third-order valence-corrected chi connectivity index (χ3v) is 11.1. The number of nitrogens with one attached hydrogen (secondary N) is 4. The van der Waals surface area contributed by atoms with Crippen molar-refractivity contribution < 1.29 is 26.4 Å². The molecule has 256 valence electrons. The maximum atomic E-state index is 12.8. The zero-order valence-corrected chi connectivity index (χ0v) is 28.7. The van der Waals surface area contributed by atoms with Crippen molar-refractivity contribution in [1.29, 1.82) is 0 Å². The lowest BCUT2D eigenvalue weighted by Crippen LogP contribution is -2.27. The second-order valence-corrected chi connectivity index (χ2v) is 15.6.